The van der Waals surface area contributed by atoms with E-state index in [4.69, 9.17) is 4.74 Å². The number of ether oxygens (including phenoxy) is 1. The molecule has 0 saturated heterocycles. The molecule has 132 valence electrons. The van der Waals surface area contributed by atoms with Gasteiger partial charge in [0.05, 0.1) is 12.8 Å². The van der Waals surface area contributed by atoms with E-state index in [9.17, 15) is 9.18 Å². The van der Waals surface area contributed by atoms with Crippen LogP contribution in [0.4, 0.5) is 21.7 Å². The number of aryl methyl sites for hydroxylation is 1. The molecule has 7 heteroatoms. The van der Waals surface area contributed by atoms with Gasteiger partial charge in [-0.05, 0) is 37.3 Å². The van der Waals surface area contributed by atoms with Crippen molar-refractivity contribution in [3.05, 3.63) is 71.8 Å². The summed E-state index contributed by atoms with van der Waals surface area (Å²) in [6.45, 7) is 1.75. The van der Waals surface area contributed by atoms with Crippen LogP contribution in [-0.4, -0.2) is 23.0 Å². The van der Waals surface area contributed by atoms with Crippen molar-refractivity contribution in [2.24, 2.45) is 0 Å². The fourth-order valence-corrected chi connectivity index (χ4v) is 2.32. The number of hydrogen-bond acceptors (Lipinski definition) is 5. The minimum Gasteiger partial charge on any atom is -0.497 e. The molecule has 1 amide bonds. The first kappa shape index (κ1) is 17.3. The van der Waals surface area contributed by atoms with Crippen LogP contribution in [0.3, 0.4) is 0 Å². The van der Waals surface area contributed by atoms with Crippen LogP contribution in [0.15, 0.2) is 54.6 Å². The van der Waals surface area contributed by atoms with Crippen LogP contribution in [0.5, 0.6) is 5.75 Å². The highest BCUT2D eigenvalue weighted by atomic mass is 19.1. The molecule has 0 aliphatic carbocycles. The van der Waals surface area contributed by atoms with Crippen molar-refractivity contribution in [3.8, 4) is 5.75 Å². The maximum Gasteiger partial charge on any atom is 0.274 e. The number of carbonyl (C=O) groups is 1. The number of rotatable bonds is 5. The van der Waals surface area contributed by atoms with Gasteiger partial charge in [0.25, 0.3) is 5.91 Å². The molecule has 0 spiro atoms. The van der Waals surface area contributed by atoms with Crippen LogP contribution in [0.2, 0.25) is 0 Å². The SMILES string of the molecule is COc1cccc(Nc2nc(C)cc(C(=O)Nc3ccccc3F)n2)c1. The van der Waals surface area contributed by atoms with Crippen molar-refractivity contribution < 1.29 is 13.9 Å². The lowest BCUT2D eigenvalue weighted by atomic mass is 10.2. The second kappa shape index (κ2) is 7.60. The van der Waals surface area contributed by atoms with Crippen molar-refractivity contribution in [1.82, 2.24) is 9.97 Å². The van der Waals surface area contributed by atoms with E-state index in [0.29, 0.717) is 11.4 Å². The molecule has 0 unspecified atom stereocenters. The minimum absolute atomic E-state index is 0.0936. The van der Waals surface area contributed by atoms with Gasteiger partial charge >= 0.3 is 0 Å². The molecule has 2 aromatic carbocycles. The Morgan fingerprint density at radius 2 is 1.88 bits per heavy atom. The van der Waals surface area contributed by atoms with Gasteiger partial charge in [-0.25, -0.2) is 14.4 Å². The largest absolute Gasteiger partial charge is 0.497 e. The summed E-state index contributed by atoms with van der Waals surface area (Å²) in [6, 6.07) is 14.7. The third-order valence-corrected chi connectivity index (χ3v) is 3.53. The molecule has 3 aromatic rings. The number of nitrogens with one attached hydrogen (secondary N) is 2. The zero-order valence-corrected chi connectivity index (χ0v) is 14.3. The van der Waals surface area contributed by atoms with Crippen LogP contribution >= 0.6 is 0 Å². The maximum absolute atomic E-state index is 13.7. The summed E-state index contributed by atoms with van der Waals surface area (Å²) < 4.78 is 18.9. The Hall–Kier alpha value is -3.48. The third kappa shape index (κ3) is 4.13. The molecular formula is C19H17FN4O2. The highest BCUT2D eigenvalue weighted by Gasteiger charge is 2.13. The summed E-state index contributed by atoms with van der Waals surface area (Å²) in [7, 11) is 1.58. The van der Waals surface area contributed by atoms with Crippen LogP contribution in [0.25, 0.3) is 0 Å². The van der Waals surface area contributed by atoms with Gasteiger partial charge in [0.1, 0.15) is 17.3 Å². The van der Waals surface area contributed by atoms with Crippen molar-refractivity contribution in [3.63, 3.8) is 0 Å². The Kier molecular flexibility index (Phi) is 5.07. The lowest BCUT2D eigenvalue weighted by Gasteiger charge is -2.10. The standard InChI is InChI=1S/C19H17FN4O2/c1-12-10-17(18(25)23-16-9-4-3-8-15(16)20)24-19(21-12)22-13-6-5-7-14(11-13)26-2/h3-11H,1-2H3,(H,23,25)(H,21,22,24). The summed E-state index contributed by atoms with van der Waals surface area (Å²) >= 11 is 0. The predicted octanol–water partition coefficient (Wildman–Crippen LogP) is 3.93. The number of amides is 1. The molecule has 0 aliphatic rings. The number of nitrogens with zero attached hydrogens (tertiary/aromatic N) is 2. The van der Waals surface area contributed by atoms with E-state index in [1.807, 2.05) is 18.2 Å². The van der Waals surface area contributed by atoms with Crippen LogP contribution in [0.1, 0.15) is 16.2 Å². The Morgan fingerprint density at radius 1 is 1.08 bits per heavy atom. The number of halogens is 1. The Morgan fingerprint density at radius 3 is 2.65 bits per heavy atom. The molecule has 0 radical (unpaired) electrons. The number of carbonyl (C=O) groups excluding carboxylic acids is 1. The summed E-state index contributed by atoms with van der Waals surface area (Å²) in [6.07, 6.45) is 0. The molecule has 1 heterocycles. The first-order valence-corrected chi connectivity index (χ1v) is 7.88. The molecule has 2 N–H and O–H groups in total. The Bertz CT molecular complexity index is 946. The average molecular weight is 352 g/mol. The van der Waals surface area contributed by atoms with E-state index < -0.39 is 11.7 Å². The van der Waals surface area contributed by atoms with Crippen molar-refractivity contribution >= 4 is 23.2 Å². The summed E-state index contributed by atoms with van der Waals surface area (Å²) in [5.41, 5.74) is 1.54. The zero-order valence-electron chi connectivity index (χ0n) is 14.3. The molecule has 0 atom stereocenters. The molecule has 0 saturated carbocycles. The van der Waals surface area contributed by atoms with Gasteiger partial charge in [0.2, 0.25) is 5.95 Å². The van der Waals surface area contributed by atoms with Crippen LogP contribution < -0.4 is 15.4 Å². The predicted molar refractivity (Wildman–Crippen MR) is 97.4 cm³/mol. The molecule has 1 aromatic heterocycles. The summed E-state index contributed by atoms with van der Waals surface area (Å²) in [5.74, 6) is -0.0900. The smallest absolute Gasteiger partial charge is 0.274 e. The van der Waals surface area contributed by atoms with Gasteiger partial charge in [-0.1, -0.05) is 18.2 Å². The maximum atomic E-state index is 13.7. The van der Waals surface area contributed by atoms with Crippen molar-refractivity contribution in [1.29, 1.82) is 0 Å². The highest BCUT2D eigenvalue weighted by Crippen LogP contribution is 2.20. The summed E-state index contributed by atoms with van der Waals surface area (Å²) in [4.78, 5) is 20.9. The third-order valence-electron chi connectivity index (χ3n) is 3.53. The molecule has 3 rings (SSSR count). The second-order valence-corrected chi connectivity index (χ2v) is 5.51. The van der Waals surface area contributed by atoms with E-state index in [1.165, 1.54) is 18.2 Å². The number of methoxy groups -OCH3 is 1. The van der Waals surface area contributed by atoms with Gasteiger partial charge in [0.15, 0.2) is 0 Å². The normalized spacial score (nSPS) is 10.3. The fraction of sp³-hybridized carbons (Fsp3) is 0.105. The van der Waals surface area contributed by atoms with Gasteiger partial charge in [0, 0.05) is 17.4 Å². The molecular weight excluding hydrogens is 335 g/mol. The second-order valence-electron chi connectivity index (χ2n) is 5.51. The lowest BCUT2D eigenvalue weighted by molar-refractivity contribution is 0.102. The van der Waals surface area contributed by atoms with Crippen LogP contribution in [-0.2, 0) is 0 Å². The van der Waals surface area contributed by atoms with Gasteiger partial charge < -0.3 is 15.4 Å². The Labute approximate surface area is 150 Å². The Balaban J connectivity index is 1.83. The van der Waals surface area contributed by atoms with E-state index in [0.717, 1.165) is 5.69 Å². The number of hydrogen-bond donors (Lipinski definition) is 2. The minimum atomic E-state index is -0.519. The zero-order chi connectivity index (χ0) is 18.5. The number of aromatic nitrogens is 2. The molecule has 6 nitrogen and oxygen atoms in total. The van der Waals surface area contributed by atoms with E-state index >= 15 is 0 Å². The first-order valence-electron chi connectivity index (χ1n) is 7.88. The fourth-order valence-electron chi connectivity index (χ4n) is 2.32. The molecule has 0 bridgehead atoms. The van der Waals surface area contributed by atoms with E-state index in [1.54, 1.807) is 32.2 Å². The van der Waals surface area contributed by atoms with Crippen molar-refractivity contribution in [2.75, 3.05) is 17.7 Å². The highest BCUT2D eigenvalue weighted by molar-refractivity contribution is 6.03. The van der Waals surface area contributed by atoms with Gasteiger partial charge in [-0.15, -0.1) is 0 Å². The number of benzene rings is 2. The topological polar surface area (TPSA) is 76.1 Å². The number of para-hydroxylation sites is 1. The average Bonchev–Trinajstić information content (AvgIpc) is 2.63. The lowest BCUT2D eigenvalue weighted by Crippen LogP contribution is -2.16. The van der Waals surface area contributed by atoms with Gasteiger partial charge in [-0.2, -0.15) is 0 Å². The van der Waals surface area contributed by atoms with Gasteiger partial charge in [-0.3, -0.25) is 4.79 Å². The molecule has 0 aliphatic heterocycles. The van der Waals surface area contributed by atoms with E-state index in [2.05, 4.69) is 20.6 Å². The molecule has 0 fully saturated rings. The van der Waals surface area contributed by atoms with Crippen molar-refractivity contribution in [2.45, 2.75) is 6.92 Å². The van der Waals surface area contributed by atoms with Crippen LogP contribution in [0, 0.1) is 12.7 Å². The van der Waals surface area contributed by atoms with E-state index in [-0.39, 0.29) is 17.3 Å². The first-order chi connectivity index (χ1) is 12.5. The monoisotopic (exact) mass is 352 g/mol. The quantitative estimate of drug-likeness (QED) is 0.728. The molecule has 26 heavy (non-hydrogen) atoms. The summed E-state index contributed by atoms with van der Waals surface area (Å²) in [5, 5.41) is 5.54. The number of anilines is 3.